The standard InChI is InChI=1S/C8H9N5O2S/c1-4-6(16-3-9-4)7-10-11-12-13(7)5(2)8(14)15/h3,5H,1-2H3,(H,14,15). The molecule has 8 heteroatoms. The van der Waals surface area contributed by atoms with Crippen LogP contribution < -0.4 is 0 Å². The van der Waals surface area contributed by atoms with Gasteiger partial charge in [0, 0.05) is 0 Å². The fraction of sp³-hybridized carbons (Fsp3) is 0.375. The Morgan fingerprint density at radius 2 is 2.38 bits per heavy atom. The first-order valence-corrected chi connectivity index (χ1v) is 5.40. The molecule has 0 amide bonds. The zero-order chi connectivity index (χ0) is 11.7. The van der Waals surface area contributed by atoms with E-state index in [1.165, 1.54) is 22.9 Å². The molecule has 0 saturated carbocycles. The number of rotatable bonds is 3. The number of carboxylic acids is 1. The Morgan fingerprint density at radius 1 is 1.62 bits per heavy atom. The molecule has 0 saturated heterocycles. The van der Waals surface area contributed by atoms with Crippen LogP contribution in [-0.4, -0.2) is 36.3 Å². The maximum atomic E-state index is 10.9. The summed E-state index contributed by atoms with van der Waals surface area (Å²) in [6.07, 6.45) is 0. The molecule has 0 fully saturated rings. The van der Waals surface area contributed by atoms with E-state index in [0.717, 1.165) is 10.6 Å². The molecular formula is C8H9N5O2S. The summed E-state index contributed by atoms with van der Waals surface area (Å²) in [5.74, 6) is -0.536. The maximum Gasteiger partial charge on any atom is 0.328 e. The van der Waals surface area contributed by atoms with E-state index in [1.54, 1.807) is 5.51 Å². The zero-order valence-corrected chi connectivity index (χ0v) is 9.47. The minimum absolute atomic E-state index is 0.440. The molecule has 0 aliphatic carbocycles. The third-order valence-corrected chi connectivity index (χ3v) is 3.09. The third kappa shape index (κ3) is 1.67. The van der Waals surface area contributed by atoms with Gasteiger partial charge in [0.05, 0.1) is 16.1 Å². The van der Waals surface area contributed by atoms with Crippen LogP contribution in [0.3, 0.4) is 0 Å². The summed E-state index contributed by atoms with van der Waals surface area (Å²) in [5, 5.41) is 19.9. The number of hydrogen-bond acceptors (Lipinski definition) is 6. The second-order valence-corrected chi connectivity index (χ2v) is 4.08. The number of hydrogen-bond donors (Lipinski definition) is 1. The number of thiazole rings is 1. The third-order valence-electron chi connectivity index (χ3n) is 2.17. The molecule has 2 heterocycles. The van der Waals surface area contributed by atoms with Crippen molar-refractivity contribution in [3.8, 4) is 10.7 Å². The number of nitrogens with zero attached hydrogens (tertiary/aromatic N) is 5. The summed E-state index contributed by atoms with van der Waals surface area (Å²) in [6, 6.07) is -0.800. The van der Waals surface area contributed by atoms with Crippen LogP contribution >= 0.6 is 11.3 Å². The Hall–Kier alpha value is -1.83. The Morgan fingerprint density at radius 3 is 2.94 bits per heavy atom. The molecule has 7 nitrogen and oxygen atoms in total. The first-order valence-electron chi connectivity index (χ1n) is 4.52. The van der Waals surface area contributed by atoms with Gasteiger partial charge >= 0.3 is 5.97 Å². The van der Waals surface area contributed by atoms with Gasteiger partial charge in [-0.05, 0) is 24.3 Å². The average Bonchev–Trinajstić information content (AvgIpc) is 2.84. The van der Waals surface area contributed by atoms with Crippen LogP contribution in [0.25, 0.3) is 10.7 Å². The van der Waals surface area contributed by atoms with E-state index in [9.17, 15) is 4.79 Å². The number of tetrazole rings is 1. The van der Waals surface area contributed by atoms with Crippen LogP contribution in [0.1, 0.15) is 18.7 Å². The highest BCUT2D eigenvalue weighted by atomic mass is 32.1. The molecule has 2 aromatic rings. The molecule has 0 aromatic carbocycles. The van der Waals surface area contributed by atoms with Gasteiger partial charge in [0.1, 0.15) is 0 Å². The van der Waals surface area contributed by atoms with Gasteiger partial charge < -0.3 is 5.11 Å². The minimum Gasteiger partial charge on any atom is -0.480 e. The van der Waals surface area contributed by atoms with Gasteiger partial charge in [-0.3, -0.25) is 0 Å². The van der Waals surface area contributed by atoms with Crippen molar-refractivity contribution in [3.63, 3.8) is 0 Å². The fourth-order valence-corrected chi connectivity index (χ4v) is 2.00. The quantitative estimate of drug-likeness (QED) is 0.849. The van der Waals surface area contributed by atoms with E-state index in [0.29, 0.717) is 5.82 Å². The monoisotopic (exact) mass is 239 g/mol. The van der Waals surface area contributed by atoms with Gasteiger partial charge in [-0.2, -0.15) is 0 Å². The Bertz CT molecular complexity index is 520. The summed E-state index contributed by atoms with van der Waals surface area (Å²) in [6.45, 7) is 3.36. The Balaban J connectivity index is 2.48. The minimum atomic E-state index is -0.976. The van der Waals surface area contributed by atoms with E-state index in [2.05, 4.69) is 20.5 Å². The number of carboxylic acid groups (broad SMARTS) is 1. The number of carbonyl (C=O) groups is 1. The van der Waals surface area contributed by atoms with Gasteiger partial charge in [-0.25, -0.2) is 14.5 Å². The van der Waals surface area contributed by atoms with Crippen molar-refractivity contribution in [3.05, 3.63) is 11.2 Å². The second kappa shape index (κ2) is 3.97. The van der Waals surface area contributed by atoms with Crippen LogP contribution in [0.2, 0.25) is 0 Å². The Kier molecular flexibility index (Phi) is 2.65. The van der Waals surface area contributed by atoms with Crippen molar-refractivity contribution in [1.29, 1.82) is 0 Å². The molecule has 0 aliphatic heterocycles. The van der Waals surface area contributed by atoms with Crippen molar-refractivity contribution in [1.82, 2.24) is 25.2 Å². The molecule has 1 atom stereocenters. The second-order valence-electron chi connectivity index (χ2n) is 3.23. The van der Waals surface area contributed by atoms with Crippen molar-refractivity contribution in [2.75, 3.05) is 0 Å². The van der Waals surface area contributed by atoms with Crippen LogP contribution in [-0.2, 0) is 4.79 Å². The predicted molar refractivity (Wildman–Crippen MR) is 56.0 cm³/mol. The van der Waals surface area contributed by atoms with Crippen molar-refractivity contribution < 1.29 is 9.90 Å². The summed E-state index contributed by atoms with van der Waals surface area (Å²) in [7, 11) is 0. The lowest BCUT2D eigenvalue weighted by molar-refractivity contribution is -0.140. The smallest absolute Gasteiger partial charge is 0.328 e. The molecule has 0 radical (unpaired) electrons. The molecule has 1 N–H and O–H groups in total. The molecular weight excluding hydrogens is 230 g/mol. The molecule has 16 heavy (non-hydrogen) atoms. The van der Waals surface area contributed by atoms with Crippen LogP contribution in [0, 0.1) is 6.92 Å². The van der Waals surface area contributed by atoms with Crippen LogP contribution in [0.15, 0.2) is 5.51 Å². The van der Waals surface area contributed by atoms with E-state index >= 15 is 0 Å². The van der Waals surface area contributed by atoms with E-state index < -0.39 is 12.0 Å². The largest absolute Gasteiger partial charge is 0.480 e. The summed E-state index contributed by atoms with van der Waals surface area (Å²) in [5.41, 5.74) is 2.47. The molecule has 0 bridgehead atoms. The normalized spacial score (nSPS) is 12.6. The van der Waals surface area contributed by atoms with Crippen molar-refractivity contribution in [2.24, 2.45) is 0 Å². The van der Waals surface area contributed by atoms with E-state index in [-0.39, 0.29) is 0 Å². The van der Waals surface area contributed by atoms with Gasteiger partial charge in [-0.1, -0.05) is 0 Å². The number of aromatic nitrogens is 5. The van der Waals surface area contributed by atoms with E-state index in [1.807, 2.05) is 6.92 Å². The van der Waals surface area contributed by atoms with Crippen LogP contribution in [0.4, 0.5) is 0 Å². The molecule has 0 spiro atoms. The first-order chi connectivity index (χ1) is 7.61. The zero-order valence-electron chi connectivity index (χ0n) is 8.65. The highest BCUT2D eigenvalue weighted by molar-refractivity contribution is 7.13. The molecule has 2 rings (SSSR count). The lowest BCUT2D eigenvalue weighted by atomic mass is 10.3. The van der Waals surface area contributed by atoms with Gasteiger partial charge in [0.25, 0.3) is 0 Å². The predicted octanol–water partition coefficient (Wildman–Crippen LogP) is 0.751. The molecule has 84 valence electrons. The highest BCUT2D eigenvalue weighted by Crippen LogP contribution is 2.26. The van der Waals surface area contributed by atoms with Crippen molar-refractivity contribution in [2.45, 2.75) is 19.9 Å². The highest BCUT2D eigenvalue weighted by Gasteiger charge is 2.22. The molecule has 1 unspecified atom stereocenters. The summed E-state index contributed by atoms with van der Waals surface area (Å²) >= 11 is 1.38. The lowest BCUT2D eigenvalue weighted by Gasteiger charge is -2.07. The first kappa shape index (κ1) is 10.7. The van der Waals surface area contributed by atoms with E-state index in [4.69, 9.17) is 5.11 Å². The average molecular weight is 239 g/mol. The molecule has 0 aliphatic rings. The number of aliphatic carboxylic acids is 1. The summed E-state index contributed by atoms with van der Waals surface area (Å²) < 4.78 is 1.28. The van der Waals surface area contributed by atoms with Gasteiger partial charge in [0.2, 0.25) is 0 Å². The fourth-order valence-electron chi connectivity index (χ4n) is 1.23. The topological polar surface area (TPSA) is 93.8 Å². The molecule has 2 aromatic heterocycles. The van der Waals surface area contributed by atoms with Gasteiger partial charge in [0.15, 0.2) is 11.9 Å². The number of aryl methyl sites for hydroxylation is 1. The van der Waals surface area contributed by atoms with Gasteiger partial charge in [-0.15, -0.1) is 16.4 Å². The SMILES string of the molecule is Cc1ncsc1-c1nnnn1C(C)C(=O)O. The maximum absolute atomic E-state index is 10.9. The Labute approximate surface area is 94.7 Å². The lowest BCUT2D eigenvalue weighted by Crippen LogP contribution is -2.18. The van der Waals surface area contributed by atoms with Crippen LogP contribution in [0.5, 0.6) is 0 Å². The summed E-state index contributed by atoms with van der Waals surface area (Å²) in [4.78, 5) is 15.7. The van der Waals surface area contributed by atoms with Crippen molar-refractivity contribution >= 4 is 17.3 Å².